The molecule has 0 atom stereocenters. The van der Waals surface area contributed by atoms with Gasteiger partial charge in [-0.15, -0.1) is 43.3 Å². The molecule has 0 unspecified atom stereocenters. The van der Waals surface area contributed by atoms with E-state index >= 15 is 0 Å². The molecule has 0 aliphatic carbocycles. The van der Waals surface area contributed by atoms with Crippen molar-refractivity contribution in [2.24, 2.45) is 0 Å². The van der Waals surface area contributed by atoms with Gasteiger partial charge >= 0.3 is 12.7 Å². The minimum absolute atomic E-state index is 0. The number of rotatable bonds is 10. The van der Waals surface area contributed by atoms with E-state index in [9.17, 15) is 31.1 Å². The van der Waals surface area contributed by atoms with Crippen molar-refractivity contribution >= 4 is 68.0 Å². The fourth-order valence-electron chi connectivity index (χ4n) is 7.07. The number of aryl methyl sites for hydroxylation is 4. The van der Waals surface area contributed by atoms with Crippen LogP contribution >= 0.6 is 40.2 Å². The fourth-order valence-corrected chi connectivity index (χ4v) is 7.40. The van der Waals surface area contributed by atoms with E-state index in [4.69, 9.17) is 52.3 Å². The van der Waals surface area contributed by atoms with E-state index in [1.807, 2.05) is 65.0 Å². The smallest absolute Gasteiger partial charge is 0.492 e. The van der Waals surface area contributed by atoms with Gasteiger partial charge in [0.1, 0.15) is 40.2 Å². The maximum Gasteiger partial charge on any atom is 0.573 e. The van der Waals surface area contributed by atoms with Crippen LogP contribution in [0.25, 0.3) is 44.1 Å². The Morgan fingerprint density at radius 1 is 0.620 bits per heavy atom. The first-order valence-corrected chi connectivity index (χ1v) is 21.8. The van der Waals surface area contributed by atoms with E-state index < -0.39 is 18.7 Å². The highest BCUT2D eigenvalue weighted by molar-refractivity contribution is 8.93. The van der Waals surface area contributed by atoms with E-state index in [-0.39, 0.29) is 33.9 Å². The van der Waals surface area contributed by atoms with E-state index in [2.05, 4.69) is 14.5 Å². The number of pyridine rings is 2. The number of halogens is 9. The highest BCUT2D eigenvalue weighted by Crippen LogP contribution is 2.41. The molecular weight excluding hydrogens is 1050 g/mol. The van der Waals surface area contributed by atoms with Crippen molar-refractivity contribution in [3.8, 4) is 62.5 Å². The summed E-state index contributed by atoms with van der Waals surface area (Å²) < 4.78 is 98.9. The van der Waals surface area contributed by atoms with Crippen LogP contribution in [0.5, 0.6) is 40.2 Å². The third kappa shape index (κ3) is 14.8. The Hall–Kier alpha value is -6.95. The number of aliphatic carboxylic acids is 1. The SMILES string of the molecule is Br.CC(=O)O.CCOc1c(-c2ccc(Oc3ccc(OC(F)(F)F)cc3)cc2)c(C)nc2cc(C)c(Cl)cc12.Cc1cc2[nH]c(C)c(-c3ccc(Oc4ccc(OC(F)(F)F)cc4)cc3)c(=O)c2cc1Cl. The Labute approximate surface area is 423 Å². The lowest BCUT2D eigenvalue weighted by Gasteiger charge is -2.17. The first-order valence-electron chi connectivity index (χ1n) is 21.0. The van der Waals surface area contributed by atoms with Gasteiger partial charge in [0.05, 0.1) is 12.1 Å². The van der Waals surface area contributed by atoms with Gasteiger partial charge in [-0.05, 0) is 154 Å². The maximum absolute atomic E-state index is 13.1. The molecule has 0 spiro atoms. The van der Waals surface area contributed by atoms with E-state index in [0.29, 0.717) is 61.9 Å². The van der Waals surface area contributed by atoms with Gasteiger partial charge in [0.2, 0.25) is 0 Å². The molecule has 0 fully saturated rings. The molecule has 8 rings (SSSR count). The van der Waals surface area contributed by atoms with Gasteiger partial charge in [0.25, 0.3) is 5.97 Å². The van der Waals surface area contributed by atoms with Gasteiger partial charge < -0.3 is 33.8 Å². The number of carbonyl (C=O) groups is 1. The largest absolute Gasteiger partial charge is 0.573 e. The predicted molar refractivity (Wildman–Crippen MR) is 267 cm³/mol. The number of nitrogens with one attached hydrogen (secondary N) is 1. The third-order valence-electron chi connectivity index (χ3n) is 10.0. The van der Waals surface area contributed by atoms with Crippen LogP contribution in [0, 0.1) is 27.7 Å². The molecule has 6 aromatic carbocycles. The van der Waals surface area contributed by atoms with Crippen molar-refractivity contribution in [1.82, 2.24) is 9.97 Å². The fraction of sp³-hybridized carbons (Fsp3) is 0.173. The summed E-state index contributed by atoms with van der Waals surface area (Å²) in [5, 5.41) is 9.91. The van der Waals surface area contributed by atoms with Gasteiger partial charge in [-0.1, -0.05) is 47.5 Å². The number of benzene rings is 6. The summed E-state index contributed by atoms with van der Waals surface area (Å²) in [6, 6.07) is 31.8. The minimum Gasteiger partial charge on any atom is -0.492 e. The topological polar surface area (TPSA) is 129 Å². The minimum atomic E-state index is -4.75. The zero-order valence-electron chi connectivity index (χ0n) is 38.4. The first-order chi connectivity index (χ1) is 33.0. The number of ether oxygens (including phenoxy) is 5. The van der Waals surface area contributed by atoms with Gasteiger partial charge in [-0.25, -0.2) is 0 Å². The Morgan fingerprint density at radius 3 is 1.42 bits per heavy atom. The highest BCUT2D eigenvalue weighted by atomic mass is 79.9. The molecule has 2 aromatic heterocycles. The molecular formula is C52H43BrCl2F6N2O8. The van der Waals surface area contributed by atoms with Crippen molar-refractivity contribution in [2.75, 3.05) is 6.61 Å². The summed E-state index contributed by atoms with van der Waals surface area (Å²) in [7, 11) is 0. The second kappa shape index (κ2) is 23.3. The number of alkyl halides is 6. The summed E-state index contributed by atoms with van der Waals surface area (Å²) >= 11 is 12.6. The van der Waals surface area contributed by atoms with Crippen LogP contribution in [0.4, 0.5) is 26.3 Å². The average Bonchev–Trinajstić information content (AvgIpc) is 3.27. The lowest BCUT2D eigenvalue weighted by molar-refractivity contribution is -0.275. The van der Waals surface area contributed by atoms with Crippen LogP contribution in [0.3, 0.4) is 0 Å². The zero-order chi connectivity index (χ0) is 51.1. The number of carboxylic acids is 1. The summed E-state index contributed by atoms with van der Waals surface area (Å²) in [6.07, 6.45) is -9.49. The molecule has 10 nitrogen and oxygen atoms in total. The van der Waals surface area contributed by atoms with Crippen molar-refractivity contribution in [2.45, 2.75) is 54.3 Å². The monoisotopic (exact) mass is 1090 g/mol. The van der Waals surface area contributed by atoms with Crippen LogP contribution in [0.2, 0.25) is 10.0 Å². The Kier molecular flexibility index (Phi) is 18.1. The molecule has 71 heavy (non-hydrogen) atoms. The molecule has 2 N–H and O–H groups in total. The molecule has 0 saturated carbocycles. The predicted octanol–water partition coefficient (Wildman–Crippen LogP) is 16.1. The molecule has 0 aliphatic heterocycles. The molecule has 372 valence electrons. The van der Waals surface area contributed by atoms with Gasteiger partial charge in [0, 0.05) is 55.8 Å². The van der Waals surface area contributed by atoms with Gasteiger partial charge in [0.15, 0.2) is 5.43 Å². The highest BCUT2D eigenvalue weighted by Gasteiger charge is 2.32. The molecule has 0 saturated heterocycles. The molecule has 0 bridgehead atoms. The van der Waals surface area contributed by atoms with Crippen LogP contribution in [-0.4, -0.2) is 40.4 Å². The lowest BCUT2D eigenvalue weighted by Crippen LogP contribution is -2.16. The quantitative estimate of drug-likeness (QED) is 0.129. The van der Waals surface area contributed by atoms with Crippen LogP contribution in [0.1, 0.15) is 36.4 Å². The number of aromatic amines is 1. The number of hydrogen-bond donors (Lipinski definition) is 2. The van der Waals surface area contributed by atoms with E-state index in [0.717, 1.165) is 57.0 Å². The first kappa shape index (κ1) is 55.0. The van der Waals surface area contributed by atoms with E-state index in [1.165, 1.54) is 48.5 Å². The Balaban J connectivity index is 0.000000243. The van der Waals surface area contributed by atoms with Crippen LogP contribution in [-0.2, 0) is 4.79 Å². The average molecular weight is 1090 g/mol. The zero-order valence-corrected chi connectivity index (χ0v) is 41.7. The molecule has 0 amide bonds. The van der Waals surface area contributed by atoms with Gasteiger partial charge in [-0.3, -0.25) is 14.6 Å². The van der Waals surface area contributed by atoms with Crippen molar-refractivity contribution in [3.63, 3.8) is 0 Å². The van der Waals surface area contributed by atoms with E-state index in [1.54, 1.807) is 42.5 Å². The number of nitrogens with zero attached hydrogens (tertiary/aromatic N) is 1. The standard InChI is InChI=1S/C26H21ClF3NO3.C24H17ClF3NO3.C2H4O2.BrH/c1-4-32-25-21-14-22(27)15(2)13-23(21)31-16(3)24(25)17-5-7-18(8-6-17)33-19-9-11-20(12-10-19)34-26(28,29)30;1-13-11-21-19(12-20(13)25)23(30)22(14(2)29-21)15-3-5-16(6-4-15)31-17-7-9-18(10-8-17)32-24(26,27)28;1-2(3)4;/h5-14H,4H2,1-3H3;3-12H,1-2H3,(H,29,30);1H3,(H,3,4);1H. The summed E-state index contributed by atoms with van der Waals surface area (Å²) in [6.45, 7) is 11.0. The molecule has 2 heterocycles. The molecule has 0 radical (unpaired) electrons. The normalized spacial score (nSPS) is 11.1. The number of aromatic nitrogens is 2. The number of hydrogen-bond acceptors (Lipinski definition) is 8. The number of carboxylic acid groups (broad SMARTS) is 1. The summed E-state index contributed by atoms with van der Waals surface area (Å²) in [4.78, 5) is 30.1. The van der Waals surface area contributed by atoms with Gasteiger partial charge in [-0.2, -0.15) is 0 Å². The maximum atomic E-state index is 13.1. The second-order valence-corrected chi connectivity index (χ2v) is 16.2. The summed E-state index contributed by atoms with van der Waals surface area (Å²) in [5.41, 5.74) is 7.71. The molecule has 0 aliphatic rings. The Morgan fingerprint density at radius 2 is 1.00 bits per heavy atom. The lowest BCUT2D eigenvalue weighted by atomic mass is 9.99. The molecule has 8 aromatic rings. The van der Waals surface area contributed by atoms with Crippen LogP contribution < -0.4 is 29.1 Å². The number of H-pyrrole nitrogens is 1. The van der Waals surface area contributed by atoms with Crippen molar-refractivity contribution in [3.05, 3.63) is 164 Å². The van der Waals surface area contributed by atoms with Crippen molar-refractivity contribution in [1.29, 1.82) is 0 Å². The number of fused-ring (bicyclic) bond motifs is 2. The molecule has 19 heteroatoms. The summed E-state index contributed by atoms with van der Waals surface area (Å²) in [5.74, 6) is 0.946. The van der Waals surface area contributed by atoms with Crippen molar-refractivity contribution < 1.29 is 59.9 Å². The third-order valence-corrected chi connectivity index (χ3v) is 10.8. The van der Waals surface area contributed by atoms with Crippen LogP contribution in [0.15, 0.2) is 126 Å². The second-order valence-electron chi connectivity index (χ2n) is 15.4. The Bertz CT molecular complexity index is 3200.